The zero-order valence-corrected chi connectivity index (χ0v) is 15.9. The highest BCUT2D eigenvalue weighted by molar-refractivity contribution is 7.14. The molecule has 1 amide bonds. The Morgan fingerprint density at radius 3 is 2.76 bits per heavy atom. The number of thiazole rings is 1. The normalized spacial score (nSPS) is 19.3. The van der Waals surface area contributed by atoms with Gasteiger partial charge < -0.3 is 15.8 Å². The van der Waals surface area contributed by atoms with E-state index in [1.165, 1.54) is 11.3 Å². The van der Waals surface area contributed by atoms with Gasteiger partial charge in [-0.25, -0.2) is 4.98 Å². The molecule has 0 saturated heterocycles. The lowest BCUT2D eigenvalue weighted by Crippen LogP contribution is -2.23. The highest BCUT2D eigenvalue weighted by Gasteiger charge is 2.28. The first kappa shape index (κ1) is 19.7. The van der Waals surface area contributed by atoms with Crippen LogP contribution in [-0.4, -0.2) is 23.5 Å². The fourth-order valence-corrected chi connectivity index (χ4v) is 3.59. The van der Waals surface area contributed by atoms with E-state index >= 15 is 0 Å². The van der Waals surface area contributed by atoms with Crippen molar-refractivity contribution < 1.29 is 9.53 Å². The van der Waals surface area contributed by atoms with E-state index in [2.05, 4.69) is 17.2 Å². The van der Waals surface area contributed by atoms with Crippen molar-refractivity contribution >= 4 is 34.8 Å². The van der Waals surface area contributed by atoms with E-state index in [1.54, 1.807) is 0 Å². The molecular weight excluding hydrogens is 358 g/mol. The van der Waals surface area contributed by atoms with Crippen LogP contribution < -0.4 is 15.8 Å². The summed E-state index contributed by atoms with van der Waals surface area (Å²) in [5.41, 5.74) is 7.75. The van der Waals surface area contributed by atoms with Crippen molar-refractivity contribution in [1.29, 1.82) is 0 Å². The van der Waals surface area contributed by atoms with Crippen LogP contribution in [0.3, 0.4) is 0 Å². The molecule has 1 fully saturated rings. The summed E-state index contributed by atoms with van der Waals surface area (Å²) in [5, 5.41) is 5.52. The molecule has 0 aliphatic heterocycles. The second kappa shape index (κ2) is 9.17. The number of hydrogen-bond acceptors (Lipinski definition) is 5. The summed E-state index contributed by atoms with van der Waals surface area (Å²) >= 11 is 1.44. The first-order valence-electron chi connectivity index (χ1n) is 8.41. The predicted molar refractivity (Wildman–Crippen MR) is 105 cm³/mol. The van der Waals surface area contributed by atoms with Gasteiger partial charge in [-0.1, -0.05) is 6.92 Å². The van der Waals surface area contributed by atoms with E-state index in [1.807, 2.05) is 29.6 Å². The molecule has 2 aromatic rings. The Morgan fingerprint density at radius 1 is 1.36 bits per heavy atom. The van der Waals surface area contributed by atoms with Gasteiger partial charge in [0.2, 0.25) is 5.91 Å². The molecule has 3 rings (SSSR count). The van der Waals surface area contributed by atoms with Gasteiger partial charge >= 0.3 is 0 Å². The first-order chi connectivity index (χ1) is 11.7. The van der Waals surface area contributed by atoms with Gasteiger partial charge in [0.05, 0.1) is 12.3 Å². The Bertz CT molecular complexity index is 690. The summed E-state index contributed by atoms with van der Waals surface area (Å²) in [7, 11) is 0. The van der Waals surface area contributed by atoms with Gasteiger partial charge in [-0.15, -0.1) is 23.7 Å². The molecule has 1 aliphatic carbocycles. The van der Waals surface area contributed by atoms with Crippen LogP contribution in [0.2, 0.25) is 0 Å². The molecule has 3 N–H and O–H groups in total. The first-order valence-corrected chi connectivity index (χ1v) is 9.29. The maximum Gasteiger partial charge on any atom is 0.229 e. The summed E-state index contributed by atoms with van der Waals surface area (Å²) < 4.78 is 5.58. The Morgan fingerprint density at radius 2 is 2.12 bits per heavy atom. The maximum atomic E-state index is 12.2. The van der Waals surface area contributed by atoms with Gasteiger partial charge in [0.15, 0.2) is 5.13 Å². The van der Waals surface area contributed by atoms with Crippen LogP contribution in [-0.2, 0) is 4.79 Å². The molecule has 25 heavy (non-hydrogen) atoms. The van der Waals surface area contributed by atoms with Crippen molar-refractivity contribution in [2.24, 2.45) is 11.7 Å². The monoisotopic (exact) mass is 381 g/mol. The fourth-order valence-electron chi connectivity index (χ4n) is 2.87. The summed E-state index contributed by atoms with van der Waals surface area (Å²) in [4.78, 5) is 16.8. The van der Waals surface area contributed by atoms with Crippen molar-refractivity contribution in [3.8, 4) is 17.0 Å². The van der Waals surface area contributed by atoms with Crippen LogP contribution in [0, 0.1) is 5.92 Å². The average molecular weight is 382 g/mol. The number of benzene rings is 1. The molecule has 0 bridgehead atoms. The SMILES string of the molecule is CCCOc1ccc(-c2csc(NC(=O)C3CCC(N)C3)n2)cc1.Cl. The van der Waals surface area contributed by atoms with Crippen LogP contribution in [0.1, 0.15) is 32.6 Å². The lowest BCUT2D eigenvalue weighted by atomic mass is 10.1. The number of carbonyl (C=O) groups excluding carboxylic acids is 1. The summed E-state index contributed by atoms with van der Waals surface area (Å²) in [6, 6.07) is 8.02. The minimum atomic E-state index is 0. The molecule has 5 nitrogen and oxygen atoms in total. The van der Waals surface area contributed by atoms with Crippen LogP contribution >= 0.6 is 23.7 Å². The smallest absolute Gasteiger partial charge is 0.229 e. The minimum absolute atomic E-state index is 0. The van der Waals surface area contributed by atoms with Crippen molar-refractivity contribution in [3.63, 3.8) is 0 Å². The molecule has 1 saturated carbocycles. The van der Waals surface area contributed by atoms with Gasteiger partial charge in [0.1, 0.15) is 5.75 Å². The zero-order chi connectivity index (χ0) is 16.9. The molecule has 2 unspecified atom stereocenters. The molecule has 1 aromatic carbocycles. The molecular formula is C18H24ClN3O2S. The van der Waals surface area contributed by atoms with Crippen LogP contribution in [0.15, 0.2) is 29.6 Å². The van der Waals surface area contributed by atoms with E-state index in [0.717, 1.165) is 49.3 Å². The van der Waals surface area contributed by atoms with E-state index in [-0.39, 0.29) is 30.3 Å². The van der Waals surface area contributed by atoms with E-state index in [4.69, 9.17) is 10.5 Å². The van der Waals surface area contributed by atoms with E-state index < -0.39 is 0 Å². The number of amides is 1. The summed E-state index contributed by atoms with van der Waals surface area (Å²) in [5.74, 6) is 0.913. The van der Waals surface area contributed by atoms with E-state index in [0.29, 0.717) is 5.13 Å². The number of aromatic nitrogens is 1. The molecule has 0 spiro atoms. The summed E-state index contributed by atoms with van der Waals surface area (Å²) in [6.07, 6.45) is 3.55. The van der Waals surface area contributed by atoms with Crippen LogP contribution in [0.25, 0.3) is 11.3 Å². The van der Waals surface area contributed by atoms with Gasteiger partial charge in [-0.3, -0.25) is 4.79 Å². The Labute approximate surface area is 158 Å². The van der Waals surface area contributed by atoms with Crippen molar-refractivity contribution in [3.05, 3.63) is 29.6 Å². The van der Waals surface area contributed by atoms with Gasteiger partial charge in [-0.05, 0) is 49.9 Å². The number of rotatable bonds is 6. The minimum Gasteiger partial charge on any atom is -0.494 e. The molecule has 0 radical (unpaired) electrons. The quantitative estimate of drug-likeness (QED) is 0.790. The Balaban J connectivity index is 0.00000225. The van der Waals surface area contributed by atoms with Gasteiger partial charge in [0, 0.05) is 22.9 Å². The third-order valence-corrected chi connectivity index (χ3v) is 4.96. The number of hydrogen-bond donors (Lipinski definition) is 2. The number of carbonyl (C=O) groups is 1. The van der Waals surface area contributed by atoms with Crippen molar-refractivity contribution in [1.82, 2.24) is 4.98 Å². The lowest BCUT2D eigenvalue weighted by molar-refractivity contribution is -0.119. The van der Waals surface area contributed by atoms with Crippen molar-refractivity contribution in [2.45, 2.75) is 38.6 Å². The highest BCUT2D eigenvalue weighted by atomic mass is 35.5. The number of anilines is 1. The number of nitrogens with two attached hydrogens (primary N) is 1. The summed E-state index contributed by atoms with van der Waals surface area (Å²) in [6.45, 7) is 2.80. The largest absolute Gasteiger partial charge is 0.494 e. The molecule has 1 aliphatic rings. The standard InChI is InChI=1S/C18H23N3O2S.ClH/c1-2-9-23-15-7-4-12(5-8-15)16-11-24-18(20-16)21-17(22)13-3-6-14(19)10-13;/h4-5,7-8,11,13-14H,2-3,6,9-10,19H2,1H3,(H,20,21,22);1H. The number of ether oxygens (including phenoxy) is 1. The maximum absolute atomic E-state index is 12.2. The van der Waals surface area contributed by atoms with Gasteiger partial charge in [-0.2, -0.15) is 0 Å². The fraction of sp³-hybridized carbons (Fsp3) is 0.444. The molecule has 1 aromatic heterocycles. The van der Waals surface area contributed by atoms with Crippen molar-refractivity contribution in [2.75, 3.05) is 11.9 Å². The second-order valence-electron chi connectivity index (χ2n) is 6.17. The third kappa shape index (κ3) is 5.17. The number of nitrogens with zero attached hydrogens (tertiary/aromatic N) is 1. The van der Waals surface area contributed by atoms with Crippen LogP contribution in [0.4, 0.5) is 5.13 Å². The zero-order valence-electron chi connectivity index (χ0n) is 14.2. The topological polar surface area (TPSA) is 77.2 Å². The van der Waals surface area contributed by atoms with Gasteiger partial charge in [0.25, 0.3) is 0 Å². The Hall–Kier alpha value is -1.63. The van der Waals surface area contributed by atoms with E-state index in [9.17, 15) is 4.79 Å². The molecule has 7 heteroatoms. The number of halogens is 1. The molecule has 136 valence electrons. The predicted octanol–water partition coefficient (Wildman–Crippen LogP) is 4.09. The average Bonchev–Trinajstić information content (AvgIpc) is 3.22. The van der Waals surface area contributed by atoms with Crippen LogP contribution in [0.5, 0.6) is 5.75 Å². The third-order valence-electron chi connectivity index (χ3n) is 4.20. The second-order valence-corrected chi connectivity index (χ2v) is 7.03. The Kier molecular flexibility index (Phi) is 7.23. The molecule has 2 atom stereocenters. The molecule has 1 heterocycles. The number of nitrogens with one attached hydrogen (secondary N) is 1. The lowest BCUT2D eigenvalue weighted by Gasteiger charge is -2.08. The highest BCUT2D eigenvalue weighted by Crippen LogP contribution is 2.29.